The van der Waals surface area contributed by atoms with Gasteiger partial charge in [-0.05, 0) is 56.2 Å². The number of benzene rings is 2. The molecule has 0 radical (unpaired) electrons. The lowest BCUT2D eigenvalue weighted by Crippen LogP contribution is -2.26. The van der Waals surface area contributed by atoms with Gasteiger partial charge in [-0.3, -0.25) is 9.59 Å². The molecule has 2 aromatic rings. The quantitative estimate of drug-likeness (QED) is 0.824. The van der Waals surface area contributed by atoms with Crippen LogP contribution in [0.3, 0.4) is 0 Å². The minimum atomic E-state index is -0.345. The van der Waals surface area contributed by atoms with Gasteiger partial charge in [0.25, 0.3) is 11.8 Å². The molecule has 25 heavy (non-hydrogen) atoms. The van der Waals surface area contributed by atoms with Gasteiger partial charge in [0, 0.05) is 11.6 Å². The predicted molar refractivity (Wildman–Crippen MR) is 99.5 cm³/mol. The van der Waals surface area contributed by atoms with E-state index in [0.717, 1.165) is 11.1 Å². The van der Waals surface area contributed by atoms with E-state index in [1.54, 1.807) is 36.4 Å². The third kappa shape index (κ3) is 4.97. The zero-order valence-electron chi connectivity index (χ0n) is 14.5. The van der Waals surface area contributed by atoms with E-state index in [-0.39, 0.29) is 18.4 Å². The Balaban J connectivity index is 2.03. The summed E-state index contributed by atoms with van der Waals surface area (Å²) in [5, 5.41) is 6.11. The first-order valence-corrected chi connectivity index (χ1v) is 8.36. The van der Waals surface area contributed by atoms with Gasteiger partial charge < -0.3 is 15.4 Å². The summed E-state index contributed by atoms with van der Waals surface area (Å²) in [6.07, 6.45) is 0. The van der Waals surface area contributed by atoms with Crippen LogP contribution in [0.4, 0.5) is 5.69 Å². The summed E-state index contributed by atoms with van der Waals surface area (Å²) in [5.41, 5.74) is 2.64. The standard InChI is InChI=1S/C19H21ClN2O3/c1-4-21-19(24)15-7-5-6-8-16(15)22-17(23)11-25-14-9-12(2)18(20)13(3)10-14/h5-10H,4,11H2,1-3H3,(H,21,24)(H,22,23). The van der Waals surface area contributed by atoms with Gasteiger partial charge in [0.2, 0.25) is 0 Å². The second-order valence-corrected chi connectivity index (χ2v) is 5.99. The molecule has 0 heterocycles. The molecule has 0 bridgehead atoms. The van der Waals surface area contributed by atoms with Gasteiger partial charge in [-0.2, -0.15) is 0 Å². The number of anilines is 1. The molecule has 2 amide bonds. The van der Waals surface area contributed by atoms with Crippen molar-refractivity contribution in [3.63, 3.8) is 0 Å². The lowest BCUT2D eigenvalue weighted by molar-refractivity contribution is -0.118. The van der Waals surface area contributed by atoms with E-state index in [1.165, 1.54) is 0 Å². The van der Waals surface area contributed by atoms with Crippen LogP contribution in [0.1, 0.15) is 28.4 Å². The summed E-state index contributed by atoms with van der Waals surface area (Å²) < 4.78 is 5.53. The molecule has 0 unspecified atom stereocenters. The fraction of sp³-hybridized carbons (Fsp3) is 0.263. The molecule has 2 N–H and O–H groups in total. The van der Waals surface area contributed by atoms with Crippen LogP contribution in [0.2, 0.25) is 5.02 Å². The topological polar surface area (TPSA) is 67.4 Å². The average Bonchev–Trinajstić information content (AvgIpc) is 2.58. The van der Waals surface area contributed by atoms with Crippen molar-refractivity contribution in [3.05, 3.63) is 58.1 Å². The van der Waals surface area contributed by atoms with E-state index in [9.17, 15) is 9.59 Å². The van der Waals surface area contributed by atoms with Crippen LogP contribution in [0, 0.1) is 13.8 Å². The zero-order valence-corrected chi connectivity index (χ0v) is 15.2. The average molecular weight is 361 g/mol. The maximum absolute atomic E-state index is 12.2. The van der Waals surface area contributed by atoms with Crippen LogP contribution < -0.4 is 15.4 Å². The minimum absolute atomic E-state index is 0.162. The highest BCUT2D eigenvalue weighted by Crippen LogP contribution is 2.25. The van der Waals surface area contributed by atoms with E-state index in [2.05, 4.69) is 10.6 Å². The number of hydrogen-bond donors (Lipinski definition) is 2. The van der Waals surface area contributed by atoms with Crippen molar-refractivity contribution in [2.24, 2.45) is 0 Å². The van der Waals surface area contributed by atoms with Gasteiger partial charge in [0.1, 0.15) is 5.75 Å². The highest BCUT2D eigenvalue weighted by molar-refractivity contribution is 6.32. The molecule has 0 saturated heterocycles. The van der Waals surface area contributed by atoms with Gasteiger partial charge in [0.05, 0.1) is 11.3 Å². The SMILES string of the molecule is CCNC(=O)c1ccccc1NC(=O)COc1cc(C)c(Cl)c(C)c1. The maximum Gasteiger partial charge on any atom is 0.262 e. The van der Waals surface area contributed by atoms with E-state index in [1.807, 2.05) is 20.8 Å². The second-order valence-electron chi connectivity index (χ2n) is 5.61. The van der Waals surface area contributed by atoms with Crippen molar-refractivity contribution in [2.75, 3.05) is 18.5 Å². The second kappa shape index (κ2) is 8.53. The van der Waals surface area contributed by atoms with E-state index in [4.69, 9.17) is 16.3 Å². The normalized spacial score (nSPS) is 10.2. The van der Waals surface area contributed by atoms with Crippen molar-refractivity contribution < 1.29 is 14.3 Å². The highest BCUT2D eigenvalue weighted by Gasteiger charge is 2.13. The van der Waals surface area contributed by atoms with Gasteiger partial charge in [-0.1, -0.05) is 23.7 Å². The zero-order chi connectivity index (χ0) is 18.4. The molecular formula is C19H21ClN2O3. The Kier molecular flexibility index (Phi) is 6.42. The molecule has 0 fully saturated rings. The summed E-state index contributed by atoms with van der Waals surface area (Å²) in [4.78, 5) is 24.2. The van der Waals surface area contributed by atoms with E-state index >= 15 is 0 Å². The fourth-order valence-electron chi connectivity index (χ4n) is 2.37. The molecule has 0 saturated carbocycles. The van der Waals surface area contributed by atoms with E-state index in [0.29, 0.717) is 28.6 Å². The smallest absolute Gasteiger partial charge is 0.262 e. The van der Waals surface area contributed by atoms with Crippen LogP contribution in [-0.4, -0.2) is 25.0 Å². The number of ether oxygens (including phenoxy) is 1. The Morgan fingerprint density at radius 1 is 1.12 bits per heavy atom. The third-order valence-electron chi connectivity index (χ3n) is 3.56. The number of para-hydroxylation sites is 1. The minimum Gasteiger partial charge on any atom is -0.484 e. The summed E-state index contributed by atoms with van der Waals surface area (Å²) in [5.74, 6) is -0.00293. The molecule has 0 atom stereocenters. The Bertz CT molecular complexity index is 767. The Morgan fingerprint density at radius 3 is 2.40 bits per heavy atom. The number of carbonyl (C=O) groups is 2. The number of amides is 2. The number of hydrogen-bond acceptors (Lipinski definition) is 3. The van der Waals surface area contributed by atoms with Crippen molar-refractivity contribution in [1.29, 1.82) is 0 Å². The summed E-state index contributed by atoms with van der Waals surface area (Å²) in [6.45, 7) is 5.95. The van der Waals surface area contributed by atoms with Gasteiger partial charge in [-0.15, -0.1) is 0 Å². The van der Waals surface area contributed by atoms with E-state index < -0.39 is 0 Å². The Labute approximate surface area is 152 Å². The van der Waals surface area contributed by atoms with Crippen LogP contribution in [0.25, 0.3) is 0 Å². The molecule has 6 heteroatoms. The molecule has 0 spiro atoms. The van der Waals surface area contributed by atoms with Crippen molar-refractivity contribution in [2.45, 2.75) is 20.8 Å². The molecule has 0 aliphatic heterocycles. The summed E-state index contributed by atoms with van der Waals surface area (Å²) in [6, 6.07) is 10.4. The summed E-state index contributed by atoms with van der Waals surface area (Å²) >= 11 is 6.12. The van der Waals surface area contributed by atoms with Crippen LogP contribution in [-0.2, 0) is 4.79 Å². The largest absolute Gasteiger partial charge is 0.484 e. The van der Waals surface area contributed by atoms with Gasteiger partial charge in [0.15, 0.2) is 6.61 Å². The first kappa shape index (κ1) is 18.8. The number of carbonyl (C=O) groups excluding carboxylic acids is 2. The van der Waals surface area contributed by atoms with Gasteiger partial charge in [-0.25, -0.2) is 0 Å². The van der Waals surface area contributed by atoms with Crippen LogP contribution in [0.5, 0.6) is 5.75 Å². The Hall–Kier alpha value is -2.53. The molecular weight excluding hydrogens is 340 g/mol. The van der Waals surface area contributed by atoms with Crippen LogP contribution in [0.15, 0.2) is 36.4 Å². The molecule has 5 nitrogen and oxygen atoms in total. The number of rotatable bonds is 6. The number of halogens is 1. The lowest BCUT2D eigenvalue weighted by Gasteiger charge is -2.12. The molecule has 0 aliphatic rings. The van der Waals surface area contributed by atoms with Crippen molar-refractivity contribution >= 4 is 29.1 Å². The third-order valence-corrected chi connectivity index (χ3v) is 4.16. The maximum atomic E-state index is 12.2. The van der Waals surface area contributed by atoms with Crippen molar-refractivity contribution in [3.8, 4) is 5.75 Å². The van der Waals surface area contributed by atoms with Crippen molar-refractivity contribution in [1.82, 2.24) is 5.32 Å². The fourth-order valence-corrected chi connectivity index (χ4v) is 2.48. The molecule has 2 rings (SSSR count). The molecule has 132 valence electrons. The first-order chi connectivity index (χ1) is 11.9. The number of aryl methyl sites for hydroxylation is 2. The lowest BCUT2D eigenvalue weighted by atomic mass is 10.1. The molecule has 0 aromatic heterocycles. The monoisotopic (exact) mass is 360 g/mol. The molecule has 0 aliphatic carbocycles. The van der Waals surface area contributed by atoms with Gasteiger partial charge >= 0.3 is 0 Å². The highest BCUT2D eigenvalue weighted by atomic mass is 35.5. The molecule has 2 aromatic carbocycles. The first-order valence-electron chi connectivity index (χ1n) is 7.99. The number of nitrogens with one attached hydrogen (secondary N) is 2. The predicted octanol–water partition coefficient (Wildman–Crippen LogP) is 3.72. The summed E-state index contributed by atoms with van der Waals surface area (Å²) in [7, 11) is 0. The van der Waals surface area contributed by atoms with Crippen LogP contribution >= 0.6 is 11.6 Å². The Morgan fingerprint density at radius 2 is 1.76 bits per heavy atom.